The van der Waals surface area contributed by atoms with E-state index in [-0.39, 0.29) is 31.2 Å². The third-order valence-electron chi connectivity index (χ3n) is 2.55. The lowest BCUT2D eigenvalue weighted by molar-refractivity contribution is -0.121. The molecule has 2 N–H and O–H groups in total. The van der Waals surface area contributed by atoms with E-state index >= 15 is 0 Å². The summed E-state index contributed by atoms with van der Waals surface area (Å²) in [6, 6.07) is 9.25. The molecule has 6 nitrogen and oxygen atoms in total. The monoisotopic (exact) mass is 306 g/mol. The van der Waals surface area contributed by atoms with E-state index < -0.39 is 5.97 Å². The van der Waals surface area contributed by atoms with Crippen LogP contribution < -0.4 is 10.1 Å². The van der Waals surface area contributed by atoms with Crippen LogP contribution in [0.1, 0.15) is 21.9 Å². The molecule has 2 rings (SSSR count). The summed E-state index contributed by atoms with van der Waals surface area (Å²) in [6.07, 6.45) is 0.228. The van der Waals surface area contributed by atoms with Gasteiger partial charge in [-0.25, -0.2) is 9.78 Å². The Bertz CT molecular complexity index is 612. The second-order valence-corrected chi connectivity index (χ2v) is 5.06. The molecule has 0 spiro atoms. The van der Waals surface area contributed by atoms with Gasteiger partial charge in [0.25, 0.3) is 0 Å². The lowest BCUT2D eigenvalue weighted by Gasteiger charge is -2.06. The maximum Gasteiger partial charge on any atom is 0.355 e. The Labute approximate surface area is 125 Å². The third-order valence-corrected chi connectivity index (χ3v) is 3.40. The van der Waals surface area contributed by atoms with E-state index in [0.717, 1.165) is 5.75 Å². The highest BCUT2D eigenvalue weighted by molar-refractivity contribution is 7.09. The van der Waals surface area contributed by atoms with Crippen LogP contribution in [-0.4, -0.2) is 28.6 Å². The van der Waals surface area contributed by atoms with Gasteiger partial charge >= 0.3 is 5.97 Å². The Morgan fingerprint density at radius 2 is 2.05 bits per heavy atom. The van der Waals surface area contributed by atoms with E-state index in [2.05, 4.69) is 10.3 Å². The standard InChI is InChI=1S/C14H14N2O4S/c17-12(6-7-20-10-4-2-1-3-5-10)15-8-13-16-11(9-21-13)14(18)19/h1-5,9H,6-8H2,(H,15,17)(H,18,19). The molecule has 0 saturated carbocycles. The van der Waals surface area contributed by atoms with Gasteiger partial charge in [-0.1, -0.05) is 18.2 Å². The number of amides is 1. The number of carboxylic acids is 1. The fourth-order valence-corrected chi connectivity index (χ4v) is 2.24. The van der Waals surface area contributed by atoms with Gasteiger partial charge in [-0.05, 0) is 12.1 Å². The highest BCUT2D eigenvalue weighted by Crippen LogP contribution is 2.10. The fourth-order valence-electron chi connectivity index (χ4n) is 1.53. The van der Waals surface area contributed by atoms with E-state index in [1.165, 1.54) is 16.7 Å². The lowest BCUT2D eigenvalue weighted by atomic mass is 10.3. The van der Waals surface area contributed by atoms with Crippen molar-refractivity contribution in [3.05, 3.63) is 46.4 Å². The zero-order valence-electron chi connectivity index (χ0n) is 11.1. The molecule has 1 heterocycles. The van der Waals surface area contributed by atoms with Crippen LogP contribution in [0.25, 0.3) is 0 Å². The largest absolute Gasteiger partial charge is 0.493 e. The lowest BCUT2D eigenvalue weighted by Crippen LogP contribution is -2.24. The molecular weight excluding hydrogens is 292 g/mol. The van der Waals surface area contributed by atoms with Crippen molar-refractivity contribution in [2.45, 2.75) is 13.0 Å². The predicted octanol–water partition coefficient (Wildman–Crippen LogP) is 1.93. The second kappa shape index (κ2) is 7.39. The number of hydrogen-bond donors (Lipinski definition) is 2. The highest BCUT2D eigenvalue weighted by atomic mass is 32.1. The zero-order chi connectivity index (χ0) is 15.1. The average molecular weight is 306 g/mol. The van der Waals surface area contributed by atoms with Crippen LogP contribution in [0.2, 0.25) is 0 Å². The zero-order valence-corrected chi connectivity index (χ0v) is 11.9. The summed E-state index contributed by atoms with van der Waals surface area (Å²) < 4.78 is 5.41. The van der Waals surface area contributed by atoms with Crippen molar-refractivity contribution in [3.8, 4) is 5.75 Å². The molecule has 0 unspecified atom stereocenters. The molecule has 1 amide bonds. The molecular formula is C14H14N2O4S. The number of para-hydroxylation sites is 1. The molecule has 0 atom stereocenters. The van der Waals surface area contributed by atoms with Crippen molar-refractivity contribution in [1.82, 2.24) is 10.3 Å². The molecule has 0 bridgehead atoms. The minimum atomic E-state index is -1.07. The van der Waals surface area contributed by atoms with Gasteiger partial charge in [0.2, 0.25) is 5.91 Å². The van der Waals surface area contributed by atoms with Crippen molar-refractivity contribution >= 4 is 23.2 Å². The summed E-state index contributed by atoms with van der Waals surface area (Å²) in [7, 11) is 0. The maximum absolute atomic E-state index is 11.6. The van der Waals surface area contributed by atoms with Gasteiger partial charge in [0, 0.05) is 5.38 Å². The number of aromatic carboxylic acids is 1. The Kier molecular flexibility index (Phi) is 5.28. The second-order valence-electron chi connectivity index (χ2n) is 4.12. The number of carbonyl (C=O) groups excluding carboxylic acids is 1. The number of benzene rings is 1. The number of nitrogens with one attached hydrogen (secondary N) is 1. The normalized spacial score (nSPS) is 10.1. The first-order chi connectivity index (χ1) is 10.1. The Hall–Kier alpha value is -2.41. The highest BCUT2D eigenvalue weighted by Gasteiger charge is 2.09. The molecule has 7 heteroatoms. The summed E-state index contributed by atoms with van der Waals surface area (Å²) in [4.78, 5) is 26.2. The topological polar surface area (TPSA) is 88.5 Å². The van der Waals surface area contributed by atoms with E-state index in [1.54, 1.807) is 0 Å². The van der Waals surface area contributed by atoms with Crippen LogP contribution in [0.3, 0.4) is 0 Å². The molecule has 0 aliphatic carbocycles. The molecule has 2 aromatic rings. The van der Waals surface area contributed by atoms with Crippen molar-refractivity contribution in [3.63, 3.8) is 0 Å². The van der Waals surface area contributed by atoms with Crippen molar-refractivity contribution in [2.75, 3.05) is 6.61 Å². The summed E-state index contributed by atoms with van der Waals surface area (Å²) in [6.45, 7) is 0.510. The van der Waals surface area contributed by atoms with Crippen molar-refractivity contribution in [1.29, 1.82) is 0 Å². The van der Waals surface area contributed by atoms with Gasteiger partial charge in [0.15, 0.2) is 5.69 Å². The fraction of sp³-hybridized carbons (Fsp3) is 0.214. The van der Waals surface area contributed by atoms with Gasteiger partial charge in [-0.15, -0.1) is 11.3 Å². The summed E-state index contributed by atoms with van der Waals surface area (Å²) in [5, 5.41) is 13.4. The van der Waals surface area contributed by atoms with Gasteiger partial charge in [0.05, 0.1) is 19.6 Å². The first-order valence-electron chi connectivity index (χ1n) is 6.27. The number of ether oxygens (including phenoxy) is 1. The van der Waals surface area contributed by atoms with Crippen LogP contribution in [0.15, 0.2) is 35.7 Å². The van der Waals surface area contributed by atoms with E-state index in [1.807, 2.05) is 30.3 Å². The third kappa shape index (κ3) is 4.88. The number of carbonyl (C=O) groups is 2. The molecule has 110 valence electrons. The van der Waals surface area contributed by atoms with Crippen molar-refractivity contribution < 1.29 is 19.4 Å². The van der Waals surface area contributed by atoms with Gasteiger partial charge < -0.3 is 15.2 Å². The molecule has 21 heavy (non-hydrogen) atoms. The number of carboxylic acid groups (broad SMARTS) is 1. The van der Waals surface area contributed by atoms with Crippen LogP contribution in [-0.2, 0) is 11.3 Å². The summed E-state index contributed by atoms with van der Waals surface area (Å²) >= 11 is 1.20. The molecule has 0 aliphatic heterocycles. The minimum Gasteiger partial charge on any atom is -0.493 e. The number of aromatic nitrogens is 1. The first kappa shape index (κ1) is 15.0. The van der Waals surface area contributed by atoms with Crippen LogP contribution in [0.4, 0.5) is 0 Å². The predicted molar refractivity (Wildman–Crippen MR) is 77.5 cm³/mol. The Morgan fingerprint density at radius 1 is 1.29 bits per heavy atom. The quantitative estimate of drug-likeness (QED) is 0.816. The smallest absolute Gasteiger partial charge is 0.355 e. The van der Waals surface area contributed by atoms with Gasteiger partial charge in [-0.3, -0.25) is 4.79 Å². The van der Waals surface area contributed by atoms with Crippen LogP contribution in [0, 0.1) is 0 Å². The molecule has 0 aliphatic rings. The summed E-state index contributed by atoms with van der Waals surface area (Å²) in [5.74, 6) is -0.519. The van der Waals surface area contributed by atoms with E-state index in [4.69, 9.17) is 9.84 Å². The maximum atomic E-state index is 11.6. The molecule has 0 saturated heterocycles. The number of nitrogens with zero attached hydrogens (tertiary/aromatic N) is 1. The van der Waals surface area contributed by atoms with Gasteiger partial charge in [-0.2, -0.15) is 0 Å². The van der Waals surface area contributed by atoms with Crippen LogP contribution >= 0.6 is 11.3 Å². The molecule has 1 aromatic heterocycles. The molecule has 0 radical (unpaired) electrons. The molecule has 0 fully saturated rings. The Balaban J connectivity index is 1.68. The molecule has 1 aromatic carbocycles. The average Bonchev–Trinajstić information content (AvgIpc) is 2.95. The SMILES string of the molecule is O=C(CCOc1ccccc1)NCc1nc(C(=O)O)cs1. The van der Waals surface area contributed by atoms with Crippen molar-refractivity contribution in [2.24, 2.45) is 0 Å². The number of rotatable bonds is 7. The van der Waals surface area contributed by atoms with E-state index in [9.17, 15) is 9.59 Å². The van der Waals surface area contributed by atoms with Crippen LogP contribution in [0.5, 0.6) is 5.75 Å². The van der Waals surface area contributed by atoms with E-state index in [0.29, 0.717) is 5.01 Å². The van der Waals surface area contributed by atoms with Gasteiger partial charge in [0.1, 0.15) is 10.8 Å². The first-order valence-corrected chi connectivity index (χ1v) is 7.15. The summed E-state index contributed by atoms with van der Waals surface area (Å²) in [5.41, 5.74) is -0.00309. The minimum absolute atomic E-state index is 0.00309. The Morgan fingerprint density at radius 3 is 2.71 bits per heavy atom. The number of thiazole rings is 1. The number of hydrogen-bond acceptors (Lipinski definition) is 5.